The molecule has 17 heavy (non-hydrogen) atoms. The fourth-order valence-corrected chi connectivity index (χ4v) is 2.98. The average molecular weight is 225 g/mol. The summed E-state index contributed by atoms with van der Waals surface area (Å²) < 4.78 is 0. The van der Waals surface area contributed by atoms with Gasteiger partial charge in [-0.05, 0) is 40.8 Å². The Hall–Kier alpha value is -1.34. The molecule has 1 N–H and O–H groups in total. The van der Waals surface area contributed by atoms with Crippen LogP contribution in [0.15, 0.2) is 36.4 Å². The van der Waals surface area contributed by atoms with Gasteiger partial charge in [0.1, 0.15) is 0 Å². The highest BCUT2D eigenvalue weighted by Crippen LogP contribution is 2.33. The molecule has 3 rings (SSSR count). The summed E-state index contributed by atoms with van der Waals surface area (Å²) in [4.78, 5) is 0. The molecule has 0 aromatic heterocycles. The van der Waals surface area contributed by atoms with Crippen LogP contribution in [0.1, 0.15) is 31.0 Å². The number of nitrogens with one attached hydrogen (secondary N) is 1. The molecule has 2 aromatic rings. The van der Waals surface area contributed by atoms with E-state index in [9.17, 15) is 0 Å². The van der Waals surface area contributed by atoms with E-state index in [-0.39, 0.29) is 0 Å². The molecule has 0 bridgehead atoms. The molecule has 1 aliphatic rings. The molecule has 0 fully saturated rings. The summed E-state index contributed by atoms with van der Waals surface area (Å²) >= 11 is 0. The second-order valence-electron chi connectivity index (χ2n) is 5.28. The zero-order chi connectivity index (χ0) is 11.8. The average Bonchev–Trinajstić information content (AvgIpc) is 2.37. The van der Waals surface area contributed by atoms with Crippen LogP contribution in [0.4, 0.5) is 0 Å². The van der Waals surface area contributed by atoms with Crippen molar-refractivity contribution in [1.29, 1.82) is 0 Å². The van der Waals surface area contributed by atoms with E-state index in [0.717, 1.165) is 13.0 Å². The van der Waals surface area contributed by atoms with E-state index >= 15 is 0 Å². The summed E-state index contributed by atoms with van der Waals surface area (Å²) in [5, 5.41) is 6.45. The highest BCUT2D eigenvalue weighted by atomic mass is 14.9. The Balaban J connectivity index is 2.23. The van der Waals surface area contributed by atoms with E-state index in [1.54, 1.807) is 5.56 Å². The molecule has 1 heterocycles. The van der Waals surface area contributed by atoms with Crippen molar-refractivity contribution in [2.45, 2.75) is 26.3 Å². The minimum atomic E-state index is 0.517. The van der Waals surface area contributed by atoms with Crippen LogP contribution in [0.5, 0.6) is 0 Å². The van der Waals surface area contributed by atoms with Gasteiger partial charge in [-0.3, -0.25) is 0 Å². The van der Waals surface area contributed by atoms with Gasteiger partial charge in [0.05, 0.1) is 0 Å². The van der Waals surface area contributed by atoms with Gasteiger partial charge in [-0.25, -0.2) is 0 Å². The molecule has 1 atom stereocenters. The lowest BCUT2D eigenvalue weighted by Gasteiger charge is -2.30. The lowest BCUT2D eigenvalue weighted by Crippen LogP contribution is -2.33. The van der Waals surface area contributed by atoms with Gasteiger partial charge in [-0.2, -0.15) is 0 Å². The van der Waals surface area contributed by atoms with Crippen LogP contribution in [0.2, 0.25) is 0 Å². The maximum Gasteiger partial charge on any atom is 0.0346 e. The Morgan fingerprint density at radius 3 is 2.76 bits per heavy atom. The maximum absolute atomic E-state index is 3.64. The van der Waals surface area contributed by atoms with Gasteiger partial charge in [0.2, 0.25) is 0 Å². The molecule has 1 aliphatic heterocycles. The third-order valence-electron chi connectivity index (χ3n) is 3.82. The second kappa shape index (κ2) is 4.15. The normalized spacial score (nSPS) is 19.6. The predicted octanol–water partition coefficient (Wildman–Crippen LogP) is 3.68. The number of fused-ring (bicyclic) bond motifs is 3. The standard InChI is InChI=1S/C16H19N/c1-11(2)16-15-8-7-12-5-3-4-6-13(12)14(15)9-10-17-16/h3-8,11,16-17H,9-10H2,1-2H3. The van der Waals surface area contributed by atoms with E-state index in [1.807, 2.05) is 0 Å². The number of rotatable bonds is 1. The molecule has 1 nitrogen and oxygen atoms in total. The summed E-state index contributed by atoms with van der Waals surface area (Å²) in [6, 6.07) is 13.8. The third-order valence-corrected chi connectivity index (χ3v) is 3.82. The van der Waals surface area contributed by atoms with Gasteiger partial charge < -0.3 is 5.32 Å². The van der Waals surface area contributed by atoms with Crippen molar-refractivity contribution >= 4 is 10.8 Å². The van der Waals surface area contributed by atoms with E-state index in [2.05, 4.69) is 55.6 Å². The van der Waals surface area contributed by atoms with Crippen molar-refractivity contribution in [3.05, 3.63) is 47.5 Å². The molecule has 1 unspecified atom stereocenters. The highest BCUT2D eigenvalue weighted by molar-refractivity contribution is 5.87. The van der Waals surface area contributed by atoms with Crippen LogP contribution in [0, 0.1) is 5.92 Å². The number of hydrogen-bond acceptors (Lipinski definition) is 1. The summed E-state index contributed by atoms with van der Waals surface area (Å²) in [5.74, 6) is 0.648. The zero-order valence-electron chi connectivity index (χ0n) is 10.5. The minimum absolute atomic E-state index is 0.517. The van der Waals surface area contributed by atoms with Crippen molar-refractivity contribution in [2.75, 3.05) is 6.54 Å². The van der Waals surface area contributed by atoms with Crippen molar-refractivity contribution in [1.82, 2.24) is 5.32 Å². The molecular formula is C16H19N. The first-order chi connectivity index (χ1) is 8.27. The fourth-order valence-electron chi connectivity index (χ4n) is 2.98. The molecule has 0 saturated heterocycles. The quantitative estimate of drug-likeness (QED) is 0.780. The summed E-state index contributed by atoms with van der Waals surface area (Å²) in [7, 11) is 0. The Labute approximate surface area is 103 Å². The van der Waals surface area contributed by atoms with Crippen LogP contribution in [-0.4, -0.2) is 6.54 Å². The smallest absolute Gasteiger partial charge is 0.0346 e. The molecule has 0 spiro atoms. The first-order valence-electron chi connectivity index (χ1n) is 6.51. The van der Waals surface area contributed by atoms with Crippen LogP contribution in [-0.2, 0) is 6.42 Å². The first kappa shape index (κ1) is 10.8. The van der Waals surface area contributed by atoms with Crippen LogP contribution in [0.3, 0.4) is 0 Å². The van der Waals surface area contributed by atoms with Gasteiger partial charge in [0.25, 0.3) is 0 Å². The lowest BCUT2D eigenvalue weighted by atomic mass is 9.85. The zero-order valence-corrected chi connectivity index (χ0v) is 10.5. The van der Waals surface area contributed by atoms with Crippen LogP contribution in [0.25, 0.3) is 10.8 Å². The van der Waals surface area contributed by atoms with E-state index in [1.165, 1.54) is 16.3 Å². The Bertz CT molecular complexity index is 542. The number of hydrogen-bond donors (Lipinski definition) is 1. The molecule has 0 amide bonds. The van der Waals surface area contributed by atoms with E-state index < -0.39 is 0 Å². The Morgan fingerprint density at radius 2 is 1.94 bits per heavy atom. The molecule has 88 valence electrons. The van der Waals surface area contributed by atoms with Crippen molar-refractivity contribution in [3.63, 3.8) is 0 Å². The number of benzene rings is 2. The van der Waals surface area contributed by atoms with E-state index in [0.29, 0.717) is 12.0 Å². The SMILES string of the molecule is CC(C)C1NCCc2c1ccc1ccccc21. The van der Waals surface area contributed by atoms with Crippen molar-refractivity contribution in [3.8, 4) is 0 Å². The topological polar surface area (TPSA) is 12.0 Å². The lowest BCUT2D eigenvalue weighted by molar-refractivity contribution is 0.396. The Kier molecular flexibility index (Phi) is 2.64. The molecule has 1 heteroatoms. The predicted molar refractivity (Wildman–Crippen MR) is 73.2 cm³/mol. The van der Waals surface area contributed by atoms with Gasteiger partial charge >= 0.3 is 0 Å². The maximum atomic E-state index is 3.64. The van der Waals surface area contributed by atoms with Gasteiger partial charge in [0, 0.05) is 6.04 Å². The summed E-state index contributed by atoms with van der Waals surface area (Å²) in [5.41, 5.74) is 3.06. The largest absolute Gasteiger partial charge is 0.309 e. The van der Waals surface area contributed by atoms with Crippen molar-refractivity contribution < 1.29 is 0 Å². The summed E-state index contributed by atoms with van der Waals surface area (Å²) in [6.07, 6.45) is 1.15. The summed E-state index contributed by atoms with van der Waals surface area (Å²) in [6.45, 7) is 5.69. The molecule has 0 aliphatic carbocycles. The second-order valence-corrected chi connectivity index (χ2v) is 5.28. The highest BCUT2D eigenvalue weighted by Gasteiger charge is 2.23. The Morgan fingerprint density at radius 1 is 1.12 bits per heavy atom. The monoisotopic (exact) mass is 225 g/mol. The first-order valence-corrected chi connectivity index (χ1v) is 6.51. The van der Waals surface area contributed by atoms with Crippen LogP contribution >= 0.6 is 0 Å². The molecular weight excluding hydrogens is 206 g/mol. The van der Waals surface area contributed by atoms with Crippen molar-refractivity contribution in [2.24, 2.45) is 5.92 Å². The molecule has 0 radical (unpaired) electrons. The van der Waals surface area contributed by atoms with Crippen LogP contribution < -0.4 is 5.32 Å². The third kappa shape index (κ3) is 1.75. The fraction of sp³-hybridized carbons (Fsp3) is 0.375. The minimum Gasteiger partial charge on any atom is -0.309 e. The molecule has 2 aromatic carbocycles. The van der Waals surface area contributed by atoms with Gasteiger partial charge in [-0.1, -0.05) is 50.2 Å². The molecule has 0 saturated carbocycles. The van der Waals surface area contributed by atoms with E-state index in [4.69, 9.17) is 0 Å². The van der Waals surface area contributed by atoms with Gasteiger partial charge in [0.15, 0.2) is 0 Å². The van der Waals surface area contributed by atoms with Gasteiger partial charge in [-0.15, -0.1) is 0 Å².